The van der Waals surface area contributed by atoms with Crippen LogP contribution in [-0.4, -0.2) is 29.7 Å². The van der Waals surface area contributed by atoms with Crippen molar-refractivity contribution in [3.8, 4) is 0 Å². The summed E-state index contributed by atoms with van der Waals surface area (Å²) < 4.78 is 5.27. The summed E-state index contributed by atoms with van der Waals surface area (Å²) in [6.07, 6.45) is 3.34. The van der Waals surface area contributed by atoms with Gasteiger partial charge >= 0.3 is 0 Å². The molecular weight excluding hydrogens is 216 g/mol. The number of aromatic nitrogens is 2. The molecule has 94 valence electrons. The summed E-state index contributed by atoms with van der Waals surface area (Å²) in [7, 11) is 0. The Bertz CT molecular complexity index is 366. The lowest BCUT2D eigenvalue weighted by molar-refractivity contribution is 0.147. The molecule has 0 unspecified atom stereocenters. The number of rotatable bonds is 7. The van der Waals surface area contributed by atoms with Crippen molar-refractivity contribution in [3.63, 3.8) is 0 Å². The van der Waals surface area contributed by atoms with Crippen LogP contribution in [0.15, 0.2) is 6.07 Å². The monoisotopic (exact) mass is 236 g/mol. The Morgan fingerprint density at radius 2 is 2.29 bits per heavy atom. The maximum absolute atomic E-state index is 5.76. The third-order valence-corrected chi connectivity index (χ3v) is 2.68. The molecule has 1 fully saturated rings. The summed E-state index contributed by atoms with van der Waals surface area (Å²) in [6.45, 7) is 4.40. The summed E-state index contributed by atoms with van der Waals surface area (Å²) in [4.78, 5) is 8.73. The van der Waals surface area contributed by atoms with E-state index in [4.69, 9.17) is 10.5 Å². The Morgan fingerprint density at radius 3 is 3.00 bits per heavy atom. The first-order valence-corrected chi connectivity index (χ1v) is 6.25. The Balaban J connectivity index is 1.82. The molecule has 0 aromatic carbocycles. The number of nitrogen functional groups attached to an aromatic ring is 1. The van der Waals surface area contributed by atoms with Crippen molar-refractivity contribution < 1.29 is 4.74 Å². The van der Waals surface area contributed by atoms with E-state index in [2.05, 4.69) is 15.3 Å². The van der Waals surface area contributed by atoms with Crippen LogP contribution in [0.4, 0.5) is 11.6 Å². The predicted octanol–water partition coefficient (Wildman–Crippen LogP) is 1.77. The van der Waals surface area contributed by atoms with Crippen LogP contribution in [0.25, 0.3) is 0 Å². The lowest BCUT2D eigenvalue weighted by atomic mass is 10.3. The van der Waals surface area contributed by atoms with Gasteiger partial charge in [-0.2, -0.15) is 0 Å². The van der Waals surface area contributed by atoms with Crippen LogP contribution in [0.3, 0.4) is 0 Å². The molecule has 1 aliphatic rings. The fourth-order valence-corrected chi connectivity index (χ4v) is 1.64. The quantitative estimate of drug-likeness (QED) is 0.706. The van der Waals surface area contributed by atoms with E-state index in [9.17, 15) is 0 Å². The highest BCUT2D eigenvalue weighted by Crippen LogP contribution is 2.38. The molecule has 1 aromatic heterocycles. The maximum atomic E-state index is 5.76. The number of ether oxygens (including phenoxy) is 1. The maximum Gasteiger partial charge on any atom is 0.136 e. The highest BCUT2D eigenvalue weighted by molar-refractivity contribution is 5.45. The second-order valence-electron chi connectivity index (χ2n) is 4.29. The SMILES string of the molecule is CCOCCCNc1cc(N)nc(C2CC2)n1. The molecule has 1 aliphatic carbocycles. The number of anilines is 2. The Hall–Kier alpha value is -1.36. The molecule has 0 atom stereocenters. The largest absolute Gasteiger partial charge is 0.384 e. The van der Waals surface area contributed by atoms with Crippen molar-refractivity contribution in [2.45, 2.75) is 32.1 Å². The van der Waals surface area contributed by atoms with Gasteiger partial charge in [-0.25, -0.2) is 9.97 Å². The average molecular weight is 236 g/mol. The van der Waals surface area contributed by atoms with Crippen molar-refractivity contribution in [1.82, 2.24) is 9.97 Å². The van der Waals surface area contributed by atoms with Crippen LogP contribution in [-0.2, 0) is 4.74 Å². The van der Waals surface area contributed by atoms with E-state index >= 15 is 0 Å². The number of nitrogens with zero attached hydrogens (tertiary/aromatic N) is 2. The molecule has 1 saturated carbocycles. The number of nitrogens with one attached hydrogen (secondary N) is 1. The van der Waals surface area contributed by atoms with Crippen molar-refractivity contribution in [1.29, 1.82) is 0 Å². The fraction of sp³-hybridized carbons (Fsp3) is 0.667. The van der Waals surface area contributed by atoms with Gasteiger partial charge in [-0.3, -0.25) is 0 Å². The first-order chi connectivity index (χ1) is 8.29. The minimum atomic E-state index is 0.530. The highest BCUT2D eigenvalue weighted by Gasteiger charge is 2.27. The Kier molecular flexibility index (Phi) is 4.14. The summed E-state index contributed by atoms with van der Waals surface area (Å²) in [5.41, 5.74) is 5.76. The van der Waals surface area contributed by atoms with Crippen LogP contribution >= 0.6 is 0 Å². The van der Waals surface area contributed by atoms with Gasteiger partial charge in [0.15, 0.2) is 0 Å². The number of hydrogen-bond donors (Lipinski definition) is 2. The number of nitrogens with two attached hydrogens (primary N) is 1. The number of hydrogen-bond acceptors (Lipinski definition) is 5. The fourth-order valence-electron chi connectivity index (χ4n) is 1.64. The van der Waals surface area contributed by atoms with Crippen LogP contribution in [0.5, 0.6) is 0 Å². The van der Waals surface area contributed by atoms with Gasteiger partial charge in [-0.1, -0.05) is 0 Å². The molecule has 1 heterocycles. The van der Waals surface area contributed by atoms with E-state index in [0.717, 1.165) is 37.8 Å². The van der Waals surface area contributed by atoms with Gasteiger partial charge < -0.3 is 15.8 Å². The Morgan fingerprint density at radius 1 is 1.47 bits per heavy atom. The lowest BCUT2D eigenvalue weighted by Crippen LogP contribution is -2.09. The van der Waals surface area contributed by atoms with E-state index in [1.807, 2.05) is 6.92 Å². The summed E-state index contributed by atoms with van der Waals surface area (Å²) in [5, 5.41) is 3.26. The minimum Gasteiger partial charge on any atom is -0.384 e. The zero-order valence-corrected chi connectivity index (χ0v) is 10.3. The zero-order valence-electron chi connectivity index (χ0n) is 10.3. The van der Waals surface area contributed by atoms with Crippen LogP contribution in [0.2, 0.25) is 0 Å². The van der Waals surface area contributed by atoms with Gasteiger partial charge in [-0.15, -0.1) is 0 Å². The highest BCUT2D eigenvalue weighted by atomic mass is 16.5. The topological polar surface area (TPSA) is 73.1 Å². The molecule has 5 heteroatoms. The van der Waals surface area contributed by atoms with Gasteiger partial charge in [-0.05, 0) is 26.2 Å². The third-order valence-electron chi connectivity index (χ3n) is 2.68. The van der Waals surface area contributed by atoms with Crippen molar-refractivity contribution in [2.24, 2.45) is 0 Å². The summed E-state index contributed by atoms with van der Waals surface area (Å²) in [6, 6.07) is 1.78. The normalized spacial score (nSPS) is 14.9. The standard InChI is InChI=1S/C12H20N4O/c1-2-17-7-3-6-14-11-8-10(13)15-12(16-11)9-4-5-9/h8-9H,2-7H2,1H3,(H3,13,14,15,16). The molecule has 0 spiro atoms. The van der Waals surface area contributed by atoms with Gasteiger partial charge in [0, 0.05) is 31.7 Å². The van der Waals surface area contributed by atoms with Gasteiger partial charge in [0.2, 0.25) is 0 Å². The van der Waals surface area contributed by atoms with Crippen LogP contribution in [0.1, 0.15) is 37.9 Å². The van der Waals surface area contributed by atoms with Crippen LogP contribution < -0.4 is 11.1 Å². The average Bonchev–Trinajstić information content (AvgIpc) is 3.12. The van der Waals surface area contributed by atoms with Crippen molar-refractivity contribution >= 4 is 11.6 Å². The van der Waals surface area contributed by atoms with E-state index < -0.39 is 0 Å². The van der Waals surface area contributed by atoms with Crippen LogP contribution in [0, 0.1) is 0 Å². The van der Waals surface area contributed by atoms with Gasteiger partial charge in [0.25, 0.3) is 0 Å². The molecule has 0 amide bonds. The lowest BCUT2D eigenvalue weighted by Gasteiger charge is -2.08. The molecule has 0 aliphatic heterocycles. The van der Waals surface area contributed by atoms with Gasteiger partial charge in [0.05, 0.1) is 0 Å². The van der Waals surface area contributed by atoms with E-state index in [1.165, 1.54) is 12.8 Å². The van der Waals surface area contributed by atoms with Crippen molar-refractivity contribution in [3.05, 3.63) is 11.9 Å². The first-order valence-electron chi connectivity index (χ1n) is 6.25. The van der Waals surface area contributed by atoms with Gasteiger partial charge in [0.1, 0.15) is 17.5 Å². The summed E-state index contributed by atoms with van der Waals surface area (Å²) >= 11 is 0. The van der Waals surface area contributed by atoms with E-state index in [1.54, 1.807) is 6.07 Å². The molecule has 2 rings (SSSR count). The minimum absolute atomic E-state index is 0.530. The predicted molar refractivity (Wildman–Crippen MR) is 68.0 cm³/mol. The molecular formula is C12H20N4O. The van der Waals surface area contributed by atoms with E-state index in [-0.39, 0.29) is 0 Å². The molecule has 0 bridgehead atoms. The van der Waals surface area contributed by atoms with Crippen molar-refractivity contribution in [2.75, 3.05) is 30.8 Å². The second-order valence-corrected chi connectivity index (χ2v) is 4.29. The molecule has 3 N–H and O–H groups in total. The second kappa shape index (κ2) is 5.82. The zero-order chi connectivity index (χ0) is 12.1. The molecule has 5 nitrogen and oxygen atoms in total. The third kappa shape index (κ3) is 3.85. The molecule has 1 aromatic rings. The molecule has 0 radical (unpaired) electrons. The van der Waals surface area contributed by atoms with E-state index in [0.29, 0.717) is 11.7 Å². The Labute approximate surface area is 102 Å². The molecule has 0 saturated heterocycles. The first kappa shape index (κ1) is 12.1. The molecule has 17 heavy (non-hydrogen) atoms. The summed E-state index contributed by atoms with van der Waals surface area (Å²) in [5.74, 6) is 2.80. The smallest absolute Gasteiger partial charge is 0.136 e.